The van der Waals surface area contributed by atoms with Crippen molar-refractivity contribution in [1.82, 2.24) is 9.97 Å². The number of hydrogen-bond acceptors (Lipinski definition) is 5. The molecule has 0 saturated carbocycles. The first kappa shape index (κ1) is 17.4. The molecule has 1 aromatic heterocycles. The largest absolute Gasteiger partial charge is 0.462 e. The van der Waals surface area contributed by atoms with Gasteiger partial charge in [-0.2, -0.15) is 0 Å². The number of ether oxygens (including phenoxy) is 2. The molecule has 0 aliphatic rings. The molecule has 1 aromatic rings. The number of methoxy groups -OCH3 is 1. The van der Waals surface area contributed by atoms with E-state index >= 15 is 0 Å². The summed E-state index contributed by atoms with van der Waals surface area (Å²) in [7, 11) is 1.48. The Morgan fingerprint density at radius 1 is 1.33 bits per heavy atom. The fourth-order valence-corrected chi connectivity index (χ4v) is 2.09. The van der Waals surface area contributed by atoms with Gasteiger partial charge < -0.3 is 9.47 Å². The molecule has 1 heterocycles. The zero-order valence-electron chi connectivity index (χ0n) is 12.7. The first-order chi connectivity index (χ1) is 9.95. The number of esters is 1. The highest BCUT2D eigenvalue weighted by atomic mass is 19.3. The van der Waals surface area contributed by atoms with Crippen molar-refractivity contribution in [3.63, 3.8) is 0 Å². The Bertz CT molecular complexity index is 483. The lowest BCUT2D eigenvalue weighted by Crippen LogP contribution is -2.30. The third-order valence-corrected chi connectivity index (χ3v) is 3.46. The maximum Gasteiger partial charge on any atom is 0.341 e. The SMILES string of the molecule is CCOC(=O)c1cnc(C(CC)(CC)OC)nc1C(F)F. The van der Waals surface area contributed by atoms with Crippen LogP contribution in [0.2, 0.25) is 0 Å². The van der Waals surface area contributed by atoms with E-state index in [0.717, 1.165) is 6.20 Å². The summed E-state index contributed by atoms with van der Waals surface area (Å²) in [5.41, 5.74) is -1.77. The third-order valence-electron chi connectivity index (χ3n) is 3.46. The van der Waals surface area contributed by atoms with E-state index in [1.165, 1.54) is 7.11 Å². The van der Waals surface area contributed by atoms with Crippen LogP contribution in [0.15, 0.2) is 6.20 Å². The van der Waals surface area contributed by atoms with Crippen LogP contribution in [0.3, 0.4) is 0 Å². The molecule has 0 aliphatic carbocycles. The average molecular weight is 302 g/mol. The first-order valence-corrected chi connectivity index (χ1v) is 6.83. The molecule has 0 bridgehead atoms. The predicted octanol–water partition coefficient (Wildman–Crippen LogP) is 3.25. The van der Waals surface area contributed by atoms with Gasteiger partial charge in [0, 0.05) is 13.3 Å². The Kier molecular flexibility index (Phi) is 6.14. The van der Waals surface area contributed by atoms with E-state index in [2.05, 4.69) is 9.97 Å². The van der Waals surface area contributed by atoms with E-state index in [1.54, 1.807) is 6.92 Å². The number of aromatic nitrogens is 2. The van der Waals surface area contributed by atoms with Crippen LogP contribution in [0.25, 0.3) is 0 Å². The number of halogens is 2. The molecule has 0 radical (unpaired) electrons. The topological polar surface area (TPSA) is 61.3 Å². The van der Waals surface area contributed by atoms with Crippen LogP contribution in [0, 0.1) is 0 Å². The normalized spacial score (nSPS) is 11.8. The molecular weight excluding hydrogens is 282 g/mol. The van der Waals surface area contributed by atoms with Crippen LogP contribution in [0.5, 0.6) is 0 Å². The van der Waals surface area contributed by atoms with E-state index in [0.29, 0.717) is 12.8 Å². The first-order valence-electron chi connectivity index (χ1n) is 6.83. The summed E-state index contributed by atoms with van der Waals surface area (Å²) in [4.78, 5) is 19.6. The van der Waals surface area contributed by atoms with Crippen molar-refractivity contribution >= 4 is 5.97 Å². The van der Waals surface area contributed by atoms with Gasteiger partial charge in [0.2, 0.25) is 0 Å². The van der Waals surface area contributed by atoms with Gasteiger partial charge >= 0.3 is 5.97 Å². The number of alkyl halides is 2. The average Bonchev–Trinajstić information content (AvgIpc) is 2.49. The molecule has 7 heteroatoms. The van der Waals surface area contributed by atoms with Gasteiger partial charge in [-0.05, 0) is 19.8 Å². The zero-order valence-corrected chi connectivity index (χ0v) is 12.7. The molecule has 0 atom stereocenters. The number of nitrogens with zero attached hydrogens (tertiary/aromatic N) is 2. The second-order valence-corrected chi connectivity index (χ2v) is 4.42. The standard InChI is InChI=1S/C14H20F2N2O3/c1-5-14(6-2,20-4)13-17-8-9(12(19)21-7-3)10(18-13)11(15)16/h8,11H,5-7H2,1-4H3. The lowest BCUT2D eigenvalue weighted by molar-refractivity contribution is -0.0298. The van der Waals surface area contributed by atoms with Gasteiger partial charge in [-0.3, -0.25) is 0 Å². The second-order valence-electron chi connectivity index (χ2n) is 4.42. The minimum absolute atomic E-state index is 0.0925. The van der Waals surface area contributed by atoms with Crippen molar-refractivity contribution in [2.45, 2.75) is 45.6 Å². The summed E-state index contributed by atoms with van der Waals surface area (Å²) in [6, 6.07) is 0. The van der Waals surface area contributed by atoms with E-state index in [4.69, 9.17) is 9.47 Å². The highest BCUT2D eigenvalue weighted by Crippen LogP contribution is 2.31. The summed E-state index contributed by atoms with van der Waals surface area (Å²) < 4.78 is 36.5. The maximum absolute atomic E-state index is 13.2. The van der Waals surface area contributed by atoms with Gasteiger partial charge in [-0.25, -0.2) is 23.5 Å². The fraction of sp³-hybridized carbons (Fsp3) is 0.643. The van der Waals surface area contributed by atoms with Crippen LogP contribution < -0.4 is 0 Å². The molecule has 0 unspecified atom stereocenters. The monoisotopic (exact) mass is 302 g/mol. The van der Waals surface area contributed by atoms with Crippen molar-refractivity contribution in [3.8, 4) is 0 Å². The molecule has 0 spiro atoms. The zero-order chi connectivity index (χ0) is 16.0. The minimum atomic E-state index is -2.89. The van der Waals surface area contributed by atoms with Crippen molar-refractivity contribution in [1.29, 1.82) is 0 Å². The van der Waals surface area contributed by atoms with Crippen molar-refractivity contribution < 1.29 is 23.0 Å². The molecule has 0 fully saturated rings. The number of hydrogen-bond donors (Lipinski definition) is 0. The quantitative estimate of drug-likeness (QED) is 0.723. The molecule has 0 amide bonds. The van der Waals surface area contributed by atoms with Crippen molar-refractivity contribution in [2.75, 3.05) is 13.7 Å². The summed E-state index contributed by atoms with van der Waals surface area (Å²) in [6.07, 6.45) is -0.751. The van der Waals surface area contributed by atoms with Gasteiger partial charge in [0.25, 0.3) is 6.43 Å². The van der Waals surface area contributed by atoms with E-state index in [-0.39, 0.29) is 18.0 Å². The van der Waals surface area contributed by atoms with Crippen LogP contribution in [-0.4, -0.2) is 29.7 Å². The van der Waals surface area contributed by atoms with Crippen LogP contribution in [0.4, 0.5) is 8.78 Å². The number of rotatable bonds is 7. The number of carbonyl (C=O) groups is 1. The van der Waals surface area contributed by atoms with Gasteiger partial charge in [0.15, 0.2) is 5.82 Å². The Morgan fingerprint density at radius 3 is 2.38 bits per heavy atom. The Morgan fingerprint density at radius 2 is 1.95 bits per heavy atom. The molecule has 0 aromatic carbocycles. The van der Waals surface area contributed by atoms with Crippen molar-refractivity contribution in [3.05, 3.63) is 23.3 Å². The molecule has 0 saturated heterocycles. The van der Waals surface area contributed by atoms with Gasteiger partial charge in [0.05, 0.1) is 6.61 Å². The summed E-state index contributed by atoms with van der Waals surface area (Å²) in [5, 5.41) is 0. The molecule has 5 nitrogen and oxygen atoms in total. The Balaban J connectivity index is 3.35. The molecule has 0 aliphatic heterocycles. The second kappa shape index (κ2) is 7.40. The molecule has 118 valence electrons. The third kappa shape index (κ3) is 3.53. The van der Waals surface area contributed by atoms with E-state index < -0.39 is 23.7 Å². The summed E-state index contributed by atoms with van der Waals surface area (Å²) >= 11 is 0. The van der Waals surface area contributed by atoms with Crippen LogP contribution in [0.1, 0.15) is 61.9 Å². The van der Waals surface area contributed by atoms with Crippen molar-refractivity contribution in [2.24, 2.45) is 0 Å². The van der Waals surface area contributed by atoms with E-state index in [9.17, 15) is 13.6 Å². The highest BCUT2D eigenvalue weighted by Gasteiger charge is 2.34. The summed E-state index contributed by atoms with van der Waals surface area (Å²) in [6.45, 7) is 5.41. The van der Waals surface area contributed by atoms with Gasteiger partial charge in [-0.15, -0.1) is 0 Å². The fourth-order valence-electron chi connectivity index (χ4n) is 2.09. The molecule has 21 heavy (non-hydrogen) atoms. The molecule has 1 rings (SSSR count). The Labute approximate surface area is 122 Å². The smallest absolute Gasteiger partial charge is 0.341 e. The number of carbonyl (C=O) groups excluding carboxylic acids is 1. The van der Waals surface area contributed by atoms with Crippen LogP contribution in [-0.2, 0) is 15.1 Å². The summed E-state index contributed by atoms with van der Waals surface area (Å²) in [5.74, 6) is -0.700. The lowest BCUT2D eigenvalue weighted by atomic mass is 9.95. The molecular formula is C14H20F2N2O3. The van der Waals surface area contributed by atoms with Gasteiger partial charge in [0.1, 0.15) is 16.9 Å². The van der Waals surface area contributed by atoms with Gasteiger partial charge in [-0.1, -0.05) is 13.8 Å². The molecule has 0 N–H and O–H groups in total. The maximum atomic E-state index is 13.2. The predicted molar refractivity (Wildman–Crippen MR) is 72.2 cm³/mol. The van der Waals surface area contributed by atoms with Crippen LogP contribution >= 0.6 is 0 Å². The highest BCUT2D eigenvalue weighted by molar-refractivity contribution is 5.90. The lowest BCUT2D eigenvalue weighted by Gasteiger charge is -2.28. The Hall–Kier alpha value is -1.63. The minimum Gasteiger partial charge on any atom is -0.462 e. The van der Waals surface area contributed by atoms with E-state index in [1.807, 2.05) is 13.8 Å².